The van der Waals surface area contributed by atoms with E-state index >= 15 is 0 Å². The summed E-state index contributed by atoms with van der Waals surface area (Å²) in [6.07, 6.45) is 0. The Labute approximate surface area is 113 Å². The number of aromatic nitrogens is 2. The highest BCUT2D eigenvalue weighted by Crippen LogP contribution is 2.27. The van der Waals surface area contributed by atoms with Crippen molar-refractivity contribution in [2.24, 2.45) is 5.73 Å². The second-order valence-electron chi connectivity index (χ2n) is 4.73. The van der Waals surface area contributed by atoms with Gasteiger partial charge >= 0.3 is 0 Å². The summed E-state index contributed by atoms with van der Waals surface area (Å²) in [6.45, 7) is 5.89. The summed E-state index contributed by atoms with van der Waals surface area (Å²) in [4.78, 5) is 0. The highest BCUT2D eigenvalue weighted by Gasteiger charge is 2.15. The Balaban J connectivity index is 2.43. The van der Waals surface area contributed by atoms with E-state index in [2.05, 4.69) is 10.2 Å². The molecule has 2 aromatic rings. The molecule has 0 aliphatic heterocycles. The average molecular weight is 257 g/mol. The molecule has 1 aromatic heterocycles. The van der Waals surface area contributed by atoms with Crippen molar-refractivity contribution in [1.29, 1.82) is 0 Å². The summed E-state index contributed by atoms with van der Waals surface area (Å²) in [7, 11) is 1.66. The fourth-order valence-corrected chi connectivity index (χ4v) is 2.18. The first-order valence-corrected chi connectivity index (χ1v) is 6.24. The van der Waals surface area contributed by atoms with Gasteiger partial charge in [0.15, 0.2) is 0 Å². The molecule has 2 rings (SSSR count). The van der Waals surface area contributed by atoms with Crippen LogP contribution in [0.1, 0.15) is 34.1 Å². The van der Waals surface area contributed by atoms with E-state index in [1.54, 1.807) is 7.11 Å². The Hall–Kier alpha value is -1.94. The predicted molar refractivity (Wildman–Crippen MR) is 75.3 cm³/mol. The number of nitrogens with zero attached hydrogens (tertiary/aromatic N) is 2. The van der Waals surface area contributed by atoms with Crippen molar-refractivity contribution in [3.63, 3.8) is 0 Å². The summed E-state index contributed by atoms with van der Waals surface area (Å²) in [5.41, 5.74) is 11.3. The second-order valence-corrected chi connectivity index (χ2v) is 4.73. The Morgan fingerprint density at radius 2 is 1.79 bits per heavy atom. The van der Waals surface area contributed by atoms with E-state index in [1.165, 1.54) is 0 Å². The number of aryl methyl sites for hydroxylation is 3. The van der Waals surface area contributed by atoms with E-state index in [1.807, 2.05) is 45.0 Å². The van der Waals surface area contributed by atoms with Gasteiger partial charge in [0.05, 0.1) is 24.5 Å². The monoisotopic (exact) mass is 257 g/mol. The molecule has 0 fully saturated rings. The van der Waals surface area contributed by atoms with Crippen LogP contribution in [0.25, 0.3) is 0 Å². The summed E-state index contributed by atoms with van der Waals surface area (Å²) in [5.74, 6) is 0.842. The highest BCUT2D eigenvalue weighted by molar-refractivity contribution is 5.41. The minimum absolute atomic E-state index is 0.194. The molecule has 100 valence electrons. The van der Waals surface area contributed by atoms with Crippen LogP contribution < -0.4 is 10.5 Å². The van der Waals surface area contributed by atoms with E-state index in [9.17, 15) is 0 Å². The van der Waals surface area contributed by atoms with Gasteiger partial charge in [0.1, 0.15) is 5.75 Å². The van der Waals surface area contributed by atoms with Gasteiger partial charge in [0, 0.05) is 0 Å². The standard InChI is InChI=1S/C15H19N3O/c1-9-7-12(19-4)5-6-13(9)15(16)14-8-10(2)17-18-11(14)3/h5-8,15H,16H2,1-4H3. The van der Waals surface area contributed by atoms with Crippen molar-refractivity contribution in [1.82, 2.24) is 10.2 Å². The predicted octanol–water partition coefficient (Wildman–Crippen LogP) is 2.46. The molecule has 4 nitrogen and oxygen atoms in total. The number of rotatable bonds is 3. The lowest BCUT2D eigenvalue weighted by Gasteiger charge is -2.17. The molecule has 0 aliphatic carbocycles. The lowest BCUT2D eigenvalue weighted by atomic mass is 9.95. The van der Waals surface area contributed by atoms with Crippen LogP contribution in [0.4, 0.5) is 0 Å². The zero-order valence-electron chi connectivity index (χ0n) is 11.8. The average Bonchev–Trinajstić information content (AvgIpc) is 2.40. The fourth-order valence-electron chi connectivity index (χ4n) is 2.18. The van der Waals surface area contributed by atoms with Crippen molar-refractivity contribution >= 4 is 0 Å². The first-order valence-electron chi connectivity index (χ1n) is 6.24. The van der Waals surface area contributed by atoms with E-state index in [0.717, 1.165) is 33.8 Å². The molecular weight excluding hydrogens is 238 g/mol. The van der Waals surface area contributed by atoms with Crippen molar-refractivity contribution in [3.05, 3.63) is 52.3 Å². The summed E-state index contributed by atoms with van der Waals surface area (Å²) < 4.78 is 5.22. The fraction of sp³-hybridized carbons (Fsp3) is 0.333. The molecule has 0 bridgehead atoms. The third-order valence-electron chi connectivity index (χ3n) is 3.29. The first-order chi connectivity index (χ1) is 9.02. The molecule has 0 spiro atoms. The maximum Gasteiger partial charge on any atom is 0.119 e. The third-order valence-corrected chi connectivity index (χ3v) is 3.29. The van der Waals surface area contributed by atoms with Gasteiger partial charge in [0.25, 0.3) is 0 Å². The number of nitrogens with two attached hydrogens (primary N) is 1. The number of hydrogen-bond acceptors (Lipinski definition) is 4. The maximum atomic E-state index is 6.37. The molecule has 1 heterocycles. The second kappa shape index (κ2) is 5.36. The van der Waals surface area contributed by atoms with E-state index in [4.69, 9.17) is 10.5 Å². The van der Waals surface area contributed by atoms with Crippen LogP contribution in [-0.2, 0) is 0 Å². The van der Waals surface area contributed by atoms with Crippen LogP contribution in [-0.4, -0.2) is 17.3 Å². The molecule has 19 heavy (non-hydrogen) atoms. The normalized spacial score (nSPS) is 12.3. The van der Waals surface area contributed by atoms with Crippen LogP contribution in [0, 0.1) is 20.8 Å². The van der Waals surface area contributed by atoms with Crippen molar-refractivity contribution in [2.45, 2.75) is 26.8 Å². The van der Waals surface area contributed by atoms with Gasteiger partial charge < -0.3 is 10.5 Å². The minimum Gasteiger partial charge on any atom is -0.497 e. The number of hydrogen-bond donors (Lipinski definition) is 1. The molecule has 1 atom stereocenters. The number of methoxy groups -OCH3 is 1. The Morgan fingerprint density at radius 1 is 1.05 bits per heavy atom. The van der Waals surface area contributed by atoms with Gasteiger partial charge in [-0.25, -0.2) is 0 Å². The number of benzene rings is 1. The van der Waals surface area contributed by atoms with Crippen molar-refractivity contribution in [2.75, 3.05) is 7.11 Å². The van der Waals surface area contributed by atoms with Crippen LogP contribution in [0.5, 0.6) is 5.75 Å². The topological polar surface area (TPSA) is 61.0 Å². The van der Waals surface area contributed by atoms with Crippen molar-refractivity contribution < 1.29 is 4.74 Å². The Kier molecular flexibility index (Phi) is 3.81. The molecule has 1 unspecified atom stereocenters. The summed E-state index contributed by atoms with van der Waals surface area (Å²) in [6, 6.07) is 7.73. The van der Waals surface area contributed by atoms with Gasteiger partial charge in [-0.2, -0.15) is 10.2 Å². The lowest BCUT2D eigenvalue weighted by Crippen LogP contribution is -2.16. The molecule has 2 N–H and O–H groups in total. The van der Waals surface area contributed by atoms with Gasteiger partial charge in [-0.3, -0.25) is 0 Å². The minimum atomic E-state index is -0.194. The molecule has 1 aromatic carbocycles. The summed E-state index contributed by atoms with van der Waals surface area (Å²) in [5, 5.41) is 8.17. The third kappa shape index (κ3) is 2.74. The zero-order chi connectivity index (χ0) is 14.0. The largest absolute Gasteiger partial charge is 0.497 e. The molecule has 0 saturated heterocycles. The molecular formula is C15H19N3O. The molecule has 0 amide bonds. The van der Waals surface area contributed by atoms with Crippen molar-refractivity contribution in [3.8, 4) is 5.75 Å². The highest BCUT2D eigenvalue weighted by atomic mass is 16.5. The van der Waals surface area contributed by atoms with Gasteiger partial charge in [-0.1, -0.05) is 6.07 Å². The SMILES string of the molecule is COc1ccc(C(N)c2cc(C)nnc2C)c(C)c1. The van der Waals surface area contributed by atoms with Crippen LogP contribution >= 0.6 is 0 Å². The van der Waals surface area contributed by atoms with Gasteiger partial charge in [-0.15, -0.1) is 0 Å². The van der Waals surface area contributed by atoms with Crippen LogP contribution in [0.15, 0.2) is 24.3 Å². The Bertz CT molecular complexity index is 596. The molecule has 0 radical (unpaired) electrons. The van der Waals surface area contributed by atoms with E-state index in [0.29, 0.717) is 0 Å². The molecule has 4 heteroatoms. The van der Waals surface area contributed by atoms with Gasteiger partial charge in [-0.05, 0) is 55.7 Å². The van der Waals surface area contributed by atoms with Gasteiger partial charge in [0.2, 0.25) is 0 Å². The number of ether oxygens (including phenoxy) is 1. The van der Waals surface area contributed by atoms with Crippen LogP contribution in [0.3, 0.4) is 0 Å². The molecule has 0 saturated carbocycles. The maximum absolute atomic E-state index is 6.37. The lowest BCUT2D eigenvalue weighted by molar-refractivity contribution is 0.414. The molecule has 0 aliphatic rings. The van der Waals surface area contributed by atoms with Crippen LogP contribution in [0.2, 0.25) is 0 Å². The smallest absolute Gasteiger partial charge is 0.119 e. The van der Waals surface area contributed by atoms with E-state index in [-0.39, 0.29) is 6.04 Å². The summed E-state index contributed by atoms with van der Waals surface area (Å²) >= 11 is 0. The zero-order valence-corrected chi connectivity index (χ0v) is 11.8. The van der Waals surface area contributed by atoms with E-state index < -0.39 is 0 Å². The Morgan fingerprint density at radius 3 is 2.42 bits per heavy atom. The quantitative estimate of drug-likeness (QED) is 0.917. The first kappa shape index (κ1) is 13.5.